The monoisotopic (exact) mass is 409 g/mol. The molecule has 0 saturated carbocycles. The molecule has 2 aromatic heterocycles. The van der Waals surface area contributed by atoms with Crippen LogP contribution in [0.5, 0.6) is 0 Å². The highest BCUT2D eigenvalue weighted by Gasteiger charge is 2.29. The Morgan fingerprint density at radius 3 is 2.83 bits per heavy atom. The number of hydrogen-bond donors (Lipinski definition) is 2. The number of carbonyl (C=O) groups is 2. The number of aryl methyl sites for hydroxylation is 1. The fraction of sp³-hybridized carbons (Fsp3) is 0.238. The van der Waals surface area contributed by atoms with Gasteiger partial charge >= 0.3 is 0 Å². The lowest BCUT2D eigenvalue weighted by Gasteiger charge is -2.16. The average Bonchev–Trinajstić information content (AvgIpc) is 3.30. The summed E-state index contributed by atoms with van der Waals surface area (Å²) in [6.07, 6.45) is 4.20. The molecule has 0 bridgehead atoms. The van der Waals surface area contributed by atoms with Crippen LogP contribution in [0.2, 0.25) is 0 Å². The number of carbonyl (C=O) groups excluding carboxylic acids is 2. The zero-order chi connectivity index (χ0) is 21.3. The summed E-state index contributed by atoms with van der Waals surface area (Å²) in [7, 11) is 1.78. The van der Waals surface area contributed by atoms with Crippen molar-refractivity contribution in [2.75, 3.05) is 11.4 Å². The molecule has 1 saturated heterocycles. The van der Waals surface area contributed by atoms with E-state index in [1.165, 1.54) is 29.3 Å². The highest BCUT2D eigenvalue weighted by atomic mass is 19.1. The number of aliphatic hydroxyl groups is 1. The first-order chi connectivity index (χ1) is 14.4. The first kappa shape index (κ1) is 19.7. The number of rotatable bonds is 5. The van der Waals surface area contributed by atoms with E-state index in [1.54, 1.807) is 36.3 Å². The molecule has 2 N–H and O–H groups in total. The number of amides is 2. The summed E-state index contributed by atoms with van der Waals surface area (Å²) in [6, 6.07) is 7.66. The quantitative estimate of drug-likeness (QED) is 0.668. The molecule has 4 rings (SSSR count). The smallest absolute Gasteiger partial charge is 0.270 e. The van der Waals surface area contributed by atoms with Gasteiger partial charge in [0.15, 0.2) is 0 Å². The SMILES string of the molecule is Cn1cc(-c2cc(F)cc(CNC(=O)c3cc(N4CC(O)CC4=O)ccn3)c2)cn1. The molecule has 154 valence electrons. The van der Waals surface area contributed by atoms with Gasteiger partial charge in [-0.3, -0.25) is 19.3 Å². The highest BCUT2D eigenvalue weighted by molar-refractivity contribution is 5.98. The van der Waals surface area contributed by atoms with E-state index in [2.05, 4.69) is 15.4 Å². The molecule has 9 heteroatoms. The van der Waals surface area contributed by atoms with Gasteiger partial charge in [-0.1, -0.05) is 0 Å². The van der Waals surface area contributed by atoms with Gasteiger partial charge in [0.25, 0.3) is 5.91 Å². The van der Waals surface area contributed by atoms with Gasteiger partial charge < -0.3 is 15.3 Å². The van der Waals surface area contributed by atoms with Gasteiger partial charge in [-0.2, -0.15) is 5.10 Å². The molecule has 1 aliphatic heterocycles. The van der Waals surface area contributed by atoms with E-state index in [-0.39, 0.29) is 31.1 Å². The van der Waals surface area contributed by atoms with E-state index in [0.29, 0.717) is 16.8 Å². The number of hydrogen-bond acceptors (Lipinski definition) is 5. The van der Waals surface area contributed by atoms with Crippen molar-refractivity contribution in [2.45, 2.75) is 19.1 Å². The summed E-state index contributed by atoms with van der Waals surface area (Å²) in [4.78, 5) is 30.0. The number of aromatic nitrogens is 3. The number of β-amino-alcohol motifs (C(OH)–C–C–N with tert-alkyl or cyclic N) is 1. The Bertz CT molecular complexity index is 1110. The summed E-state index contributed by atoms with van der Waals surface area (Å²) < 4.78 is 15.7. The van der Waals surface area contributed by atoms with Crippen LogP contribution in [0.1, 0.15) is 22.5 Å². The number of pyridine rings is 1. The van der Waals surface area contributed by atoms with Crippen LogP contribution in [0.15, 0.2) is 48.9 Å². The summed E-state index contributed by atoms with van der Waals surface area (Å²) in [5.74, 6) is -1.06. The Hall–Kier alpha value is -3.59. The summed E-state index contributed by atoms with van der Waals surface area (Å²) in [5, 5.41) is 16.5. The molecule has 1 fully saturated rings. The topological polar surface area (TPSA) is 100 Å². The van der Waals surface area contributed by atoms with Crippen LogP contribution in [0.3, 0.4) is 0 Å². The first-order valence-corrected chi connectivity index (χ1v) is 9.40. The molecule has 1 atom stereocenters. The normalized spacial score (nSPS) is 16.2. The van der Waals surface area contributed by atoms with Crippen molar-refractivity contribution in [1.82, 2.24) is 20.1 Å². The van der Waals surface area contributed by atoms with Gasteiger partial charge in [-0.25, -0.2) is 4.39 Å². The van der Waals surface area contributed by atoms with E-state index in [9.17, 15) is 19.1 Å². The van der Waals surface area contributed by atoms with Crippen molar-refractivity contribution < 1.29 is 19.1 Å². The summed E-state index contributed by atoms with van der Waals surface area (Å²) >= 11 is 0. The lowest BCUT2D eigenvalue weighted by atomic mass is 10.1. The minimum Gasteiger partial charge on any atom is -0.391 e. The Kier molecular flexibility index (Phi) is 5.28. The van der Waals surface area contributed by atoms with E-state index in [0.717, 1.165) is 5.56 Å². The number of nitrogens with zero attached hydrogens (tertiary/aromatic N) is 4. The fourth-order valence-electron chi connectivity index (χ4n) is 3.41. The molecular weight excluding hydrogens is 389 g/mol. The fourth-order valence-corrected chi connectivity index (χ4v) is 3.41. The van der Waals surface area contributed by atoms with E-state index >= 15 is 0 Å². The molecule has 2 amide bonds. The molecule has 1 unspecified atom stereocenters. The molecule has 0 aliphatic carbocycles. The summed E-state index contributed by atoms with van der Waals surface area (Å²) in [6.45, 7) is 0.293. The van der Waals surface area contributed by atoms with Crippen LogP contribution < -0.4 is 10.2 Å². The maximum atomic E-state index is 14.1. The lowest BCUT2D eigenvalue weighted by Crippen LogP contribution is -2.27. The lowest BCUT2D eigenvalue weighted by molar-refractivity contribution is -0.117. The number of aliphatic hydroxyl groups excluding tert-OH is 1. The van der Waals surface area contributed by atoms with E-state index in [4.69, 9.17) is 0 Å². The predicted molar refractivity (Wildman–Crippen MR) is 107 cm³/mol. The zero-order valence-corrected chi connectivity index (χ0v) is 16.2. The Morgan fingerprint density at radius 2 is 2.13 bits per heavy atom. The molecule has 30 heavy (non-hydrogen) atoms. The van der Waals surface area contributed by atoms with Crippen molar-refractivity contribution >= 4 is 17.5 Å². The number of anilines is 1. The number of halogens is 1. The second kappa shape index (κ2) is 8.03. The average molecular weight is 409 g/mol. The first-order valence-electron chi connectivity index (χ1n) is 9.40. The van der Waals surface area contributed by atoms with Crippen LogP contribution in [0.4, 0.5) is 10.1 Å². The Morgan fingerprint density at radius 1 is 1.30 bits per heavy atom. The van der Waals surface area contributed by atoms with Crippen LogP contribution >= 0.6 is 0 Å². The van der Waals surface area contributed by atoms with E-state index in [1.807, 2.05) is 0 Å². The zero-order valence-electron chi connectivity index (χ0n) is 16.2. The van der Waals surface area contributed by atoms with Crippen LogP contribution in [-0.4, -0.2) is 44.3 Å². The van der Waals surface area contributed by atoms with Gasteiger partial charge in [0.05, 0.1) is 25.3 Å². The Balaban J connectivity index is 1.47. The van der Waals surface area contributed by atoms with Gasteiger partial charge in [0.2, 0.25) is 5.91 Å². The van der Waals surface area contributed by atoms with Gasteiger partial charge in [0, 0.05) is 37.2 Å². The van der Waals surface area contributed by atoms with E-state index < -0.39 is 17.8 Å². The predicted octanol–water partition coefficient (Wildman–Crippen LogP) is 1.65. The number of benzene rings is 1. The van der Waals surface area contributed by atoms with Crippen LogP contribution in [0.25, 0.3) is 11.1 Å². The molecule has 3 heterocycles. The third-order valence-corrected chi connectivity index (χ3v) is 4.84. The van der Waals surface area contributed by atoms with Gasteiger partial charge in [-0.15, -0.1) is 0 Å². The molecule has 0 spiro atoms. The highest BCUT2D eigenvalue weighted by Crippen LogP contribution is 2.23. The molecule has 3 aromatic rings. The maximum absolute atomic E-state index is 14.1. The van der Waals surface area contributed by atoms with Crippen molar-refractivity contribution in [3.63, 3.8) is 0 Å². The minimum absolute atomic E-state index is 0.0582. The Labute approximate surface area is 172 Å². The minimum atomic E-state index is -0.718. The third kappa shape index (κ3) is 4.20. The molecule has 1 aliphatic rings. The molecular formula is C21H20FN5O3. The maximum Gasteiger partial charge on any atom is 0.270 e. The second-order valence-electron chi connectivity index (χ2n) is 7.20. The molecule has 8 nitrogen and oxygen atoms in total. The van der Waals surface area contributed by atoms with Crippen LogP contribution in [-0.2, 0) is 18.4 Å². The summed E-state index contributed by atoms with van der Waals surface area (Å²) in [5.41, 5.74) is 2.66. The second-order valence-corrected chi connectivity index (χ2v) is 7.20. The van der Waals surface area contributed by atoms with Crippen molar-refractivity contribution in [1.29, 1.82) is 0 Å². The van der Waals surface area contributed by atoms with Crippen molar-refractivity contribution in [2.24, 2.45) is 7.05 Å². The van der Waals surface area contributed by atoms with Gasteiger partial charge in [-0.05, 0) is 41.5 Å². The van der Waals surface area contributed by atoms with Crippen LogP contribution in [0, 0.1) is 5.82 Å². The standard InChI is InChI=1S/C21H20FN5O3/c1-26-11-15(10-25-26)14-4-13(5-16(22)6-14)9-24-21(30)19-7-17(2-3-23-19)27-12-18(28)8-20(27)29/h2-7,10-11,18,28H,8-9,12H2,1H3,(H,24,30). The van der Waals surface area contributed by atoms with Crippen molar-refractivity contribution in [3.8, 4) is 11.1 Å². The largest absolute Gasteiger partial charge is 0.391 e. The van der Waals surface area contributed by atoms with Crippen molar-refractivity contribution in [3.05, 3.63) is 66.0 Å². The third-order valence-electron chi connectivity index (χ3n) is 4.84. The number of nitrogens with one attached hydrogen (secondary N) is 1. The molecule has 1 aromatic carbocycles. The molecule has 0 radical (unpaired) electrons. The van der Waals surface area contributed by atoms with Gasteiger partial charge in [0.1, 0.15) is 11.5 Å².